The van der Waals surface area contributed by atoms with Crippen molar-refractivity contribution in [3.8, 4) is 22.9 Å². The number of rotatable bonds is 11. The zero-order valence-corrected chi connectivity index (χ0v) is 26.4. The fourth-order valence-electron chi connectivity index (χ4n) is 5.93. The first-order valence-electron chi connectivity index (χ1n) is 15.2. The van der Waals surface area contributed by atoms with Crippen molar-refractivity contribution in [2.75, 3.05) is 57.3 Å². The van der Waals surface area contributed by atoms with E-state index in [1.54, 1.807) is 19.2 Å². The van der Waals surface area contributed by atoms with Crippen LogP contribution in [0.3, 0.4) is 0 Å². The predicted molar refractivity (Wildman–Crippen MR) is 167 cm³/mol. The van der Waals surface area contributed by atoms with E-state index in [2.05, 4.69) is 21.3 Å². The molecule has 12 heteroatoms. The van der Waals surface area contributed by atoms with Crippen LogP contribution in [0.2, 0.25) is 10.0 Å². The Bertz CT molecular complexity index is 1420. The van der Waals surface area contributed by atoms with Gasteiger partial charge in [-0.3, -0.25) is 4.79 Å². The highest BCUT2D eigenvalue weighted by Crippen LogP contribution is 2.30. The monoisotopic (exact) mass is 641 g/mol. The number of aliphatic carboxylic acids is 1. The van der Waals surface area contributed by atoms with Crippen LogP contribution in [0.5, 0.6) is 11.6 Å². The number of anilines is 1. The first-order chi connectivity index (χ1) is 21.2. The molecule has 0 bridgehead atoms. The molecular formula is C32H39Cl2N6O4+. The van der Waals surface area contributed by atoms with Gasteiger partial charge in [-0.1, -0.05) is 23.2 Å². The Balaban J connectivity index is 1.27. The van der Waals surface area contributed by atoms with Gasteiger partial charge in [-0.05, 0) is 42.3 Å². The lowest BCUT2D eigenvalue weighted by Gasteiger charge is -2.33. The second-order valence-electron chi connectivity index (χ2n) is 11.7. The lowest BCUT2D eigenvalue weighted by atomic mass is 9.96. The Hall–Kier alpha value is -3.44. The van der Waals surface area contributed by atoms with Gasteiger partial charge in [0.15, 0.2) is 0 Å². The molecule has 3 N–H and O–H groups in total. The molecule has 2 saturated heterocycles. The van der Waals surface area contributed by atoms with Gasteiger partial charge in [0.25, 0.3) is 0 Å². The number of quaternary nitrogens is 2. The molecule has 2 fully saturated rings. The smallest absolute Gasteiger partial charge is 0.220 e. The van der Waals surface area contributed by atoms with E-state index in [9.17, 15) is 14.7 Å². The number of piperazine rings is 1. The first-order valence-corrected chi connectivity index (χ1v) is 15.9. The summed E-state index contributed by atoms with van der Waals surface area (Å²) < 4.78 is 6.24. The molecule has 5 rings (SSSR count). The Labute approximate surface area is 267 Å². The van der Waals surface area contributed by atoms with E-state index in [4.69, 9.17) is 32.9 Å². The van der Waals surface area contributed by atoms with E-state index in [-0.39, 0.29) is 12.3 Å². The number of carbonyl (C=O) groups is 2. The molecule has 0 atom stereocenters. The maximum Gasteiger partial charge on any atom is 0.220 e. The lowest BCUT2D eigenvalue weighted by Crippen LogP contribution is -3.15. The van der Waals surface area contributed by atoms with Crippen LogP contribution in [0.15, 0.2) is 48.7 Å². The quantitative estimate of drug-likeness (QED) is 0.286. The molecular weight excluding hydrogens is 603 g/mol. The second-order valence-corrected chi connectivity index (χ2v) is 12.6. The number of carboxylic acids is 1. The number of piperidine rings is 1. The van der Waals surface area contributed by atoms with Gasteiger partial charge < -0.3 is 34.7 Å². The number of nitrogens with one attached hydrogen (secondary N) is 3. The summed E-state index contributed by atoms with van der Waals surface area (Å²) in [6, 6.07) is 13.3. The molecule has 0 aliphatic carbocycles. The molecule has 2 aliphatic heterocycles. The number of carbonyl (C=O) groups excluding carboxylic acids is 2. The highest BCUT2D eigenvalue weighted by atomic mass is 35.5. The largest absolute Gasteiger partial charge is 0.550 e. The number of hydrogen-bond acceptors (Lipinski definition) is 7. The average molecular weight is 643 g/mol. The average Bonchev–Trinajstić information content (AvgIpc) is 3.00. The maximum atomic E-state index is 11.3. The Morgan fingerprint density at radius 1 is 1.02 bits per heavy atom. The number of likely N-dealkylation sites (tertiary alicyclic amines) is 1. The van der Waals surface area contributed by atoms with Crippen LogP contribution >= 0.6 is 23.2 Å². The molecule has 4 heterocycles. The molecule has 2 aromatic heterocycles. The van der Waals surface area contributed by atoms with Crippen molar-refractivity contribution in [3.63, 3.8) is 0 Å². The summed E-state index contributed by atoms with van der Waals surface area (Å²) in [5.41, 5.74) is 2.64. The summed E-state index contributed by atoms with van der Waals surface area (Å²) in [5.74, 6) is 1.44. The van der Waals surface area contributed by atoms with E-state index < -0.39 is 5.97 Å². The molecule has 10 nitrogen and oxygen atoms in total. The van der Waals surface area contributed by atoms with Gasteiger partial charge in [0.1, 0.15) is 18.1 Å². The van der Waals surface area contributed by atoms with Gasteiger partial charge in [0.2, 0.25) is 11.8 Å². The number of halogens is 2. The summed E-state index contributed by atoms with van der Waals surface area (Å²) in [5, 5.41) is 14.8. The van der Waals surface area contributed by atoms with Crippen molar-refractivity contribution >= 4 is 40.9 Å². The summed E-state index contributed by atoms with van der Waals surface area (Å²) in [4.78, 5) is 36.5. The van der Waals surface area contributed by atoms with Crippen molar-refractivity contribution < 1.29 is 29.2 Å². The number of carboxylic acid groups (broad SMARTS) is 1. The Morgan fingerprint density at radius 2 is 1.75 bits per heavy atom. The van der Waals surface area contributed by atoms with Crippen LogP contribution in [0.1, 0.15) is 31.7 Å². The predicted octanol–water partition coefficient (Wildman–Crippen LogP) is 1.02. The third kappa shape index (κ3) is 9.28. The van der Waals surface area contributed by atoms with Crippen molar-refractivity contribution in [1.29, 1.82) is 0 Å². The van der Waals surface area contributed by atoms with Crippen LogP contribution in [-0.4, -0.2) is 74.2 Å². The van der Waals surface area contributed by atoms with Gasteiger partial charge in [-0.25, -0.2) is 9.97 Å². The molecule has 44 heavy (non-hydrogen) atoms. The minimum absolute atomic E-state index is 0.0226. The molecule has 2 aliphatic rings. The maximum absolute atomic E-state index is 11.3. The fourth-order valence-corrected chi connectivity index (χ4v) is 6.45. The fraction of sp³-hybridized carbons (Fsp3) is 0.438. The summed E-state index contributed by atoms with van der Waals surface area (Å²) >= 11 is 12.7. The highest BCUT2D eigenvalue weighted by molar-refractivity contribution is 6.35. The van der Waals surface area contributed by atoms with Gasteiger partial charge in [0.05, 0.1) is 57.7 Å². The van der Waals surface area contributed by atoms with Gasteiger partial charge in [-0.15, -0.1) is 0 Å². The van der Waals surface area contributed by atoms with Crippen LogP contribution < -0.4 is 29.9 Å². The zero-order chi connectivity index (χ0) is 31.1. The minimum atomic E-state index is -0.998. The Morgan fingerprint density at radius 3 is 2.39 bits per heavy atom. The number of benzene rings is 1. The third-order valence-corrected chi connectivity index (χ3v) is 8.78. The standard InChI is InChI=1S/C32H38Cl2N6O4/c1-22(41)35-19-23-4-7-39(8-5-23)21-24-14-29(25-16-26(33)18-27(34)17-25)37-31(15-24)44-28-2-3-30(36-20-28)40-12-10-38(11-13-40)9-6-32(42)43/h2-3,14-18,20,23H,4-13,19,21H2,1H3,(H,35,41)(H,42,43)/p+1. The van der Waals surface area contributed by atoms with Crippen molar-refractivity contribution in [1.82, 2.24) is 15.3 Å². The van der Waals surface area contributed by atoms with Gasteiger partial charge in [0, 0.05) is 65.9 Å². The van der Waals surface area contributed by atoms with E-state index in [1.165, 1.54) is 9.80 Å². The normalized spacial score (nSPS) is 19.0. The van der Waals surface area contributed by atoms with E-state index in [0.29, 0.717) is 34.1 Å². The molecule has 1 aromatic carbocycles. The zero-order valence-electron chi connectivity index (χ0n) is 24.9. The highest BCUT2D eigenvalue weighted by Gasteiger charge is 2.24. The van der Waals surface area contributed by atoms with Crippen molar-refractivity contribution in [2.45, 2.75) is 32.7 Å². The molecule has 3 aromatic rings. The van der Waals surface area contributed by atoms with E-state index in [0.717, 1.165) is 87.8 Å². The van der Waals surface area contributed by atoms with Crippen LogP contribution in [0, 0.1) is 5.92 Å². The third-order valence-electron chi connectivity index (χ3n) is 8.35. The SMILES string of the molecule is CC(=O)NCC1CC[NH+](Cc2cc(Oc3ccc(N4CC[NH+](CCC(=O)[O-])CC4)nc3)nc(-c3cc(Cl)cc(Cl)c3)c2)CC1. The molecule has 0 unspecified atom stereocenters. The number of ether oxygens (including phenoxy) is 1. The van der Waals surface area contributed by atoms with Crippen LogP contribution in [0.4, 0.5) is 5.82 Å². The summed E-state index contributed by atoms with van der Waals surface area (Å²) in [7, 11) is 0. The second kappa shape index (κ2) is 15.0. The number of aromatic nitrogens is 2. The molecule has 0 saturated carbocycles. The number of hydrogen-bond donors (Lipinski definition) is 3. The molecule has 1 amide bonds. The van der Waals surface area contributed by atoms with Crippen molar-refractivity contribution in [3.05, 3.63) is 64.3 Å². The van der Waals surface area contributed by atoms with Crippen LogP contribution in [0.25, 0.3) is 11.3 Å². The molecule has 234 valence electrons. The summed E-state index contributed by atoms with van der Waals surface area (Å²) in [6.45, 7) is 9.08. The lowest BCUT2D eigenvalue weighted by molar-refractivity contribution is -0.919. The van der Waals surface area contributed by atoms with Crippen molar-refractivity contribution in [2.24, 2.45) is 5.92 Å². The topological polar surface area (TPSA) is 116 Å². The number of nitrogens with zero attached hydrogens (tertiary/aromatic N) is 3. The number of pyridine rings is 2. The number of amides is 1. The molecule has 0 radical (unpaired) electrons. The van der Waals surface area contributed by atoms with Gasteiger partial charge in [-0.2, -0.15) is 0 Å². The van der Waals surface area contributed by atoms with Gasteiger partial charge >= 0.3 is 0 Å². The van der Waals surface area contributed by atoms with E-state index >= 15 is 0 Å². The first kappa shape index (κ1) is 32.0. The van der Waals surface area contributed by atoms with E-state index in [1.807, 2.05) is 30.3 Å². The minimum Gasteiger partial charge on any atom is -0.550 e. The Kier molecular flexibility index (Phi) is 10.9. The van der Waals surface area contributed by atoms with Crippen LogP contribution in [-0.2, 0) is 16.1 Å². The molecule has 0 spiro atoms. The summed E-state index contributed by atoms with van der Waals surface area (Å²) in [6.07, 6.45) is 3.92.